The first-order valence-electron chi connectivity index (χ1n) is 12.9. The number of rotatable bonds is 14. The summed E-state index contributed by atoms with van der Waals surface area (Å²) in [5.41, 5.74) is 1.02. The van der Waals surface area contributed by atoms with Gasteiger partial charge in [-0.15, -0.1) is 0 Å². The third kappa shape index (κ3) is 14.6. The van der Waals surface area contributed by atoms with Gasteiger partial charge in [-0.2, -0.15) is 0 Å². The molecule has 11 heteroatoms. The summed E-state index contributed by atoms with van der Waals surface area (Å²) >= 11 is 0. The fourth-order valence-electron chi connectivity index (χ4n) is 2.91. The van der Waals surface area contributed by atoms with E-state index in [1.807, 2.05) is 55.5 Å². The fourth-order valence-corrected chi connectivity index (χ4v) is 2.91. The Kier molecular flexibility index (Phi) is 18.3. The van der Waals surface area contributed by atoms with Crippen LogP contribution in [-0.2, 0) is 0 Å². The van der Waals surface area contributed by atoms with E-state index in [2.05, 4.69) is 0 Å². The number of ether oxygens (including phenoxy) is 5. The predicted molar refractivity (Wildman–Crippen MR) is 153 cm³/mol. The van der Waals surface area contributed by atoms with Gasteiger partial charge < -0.3 is 54.3 Å². The topological polar surface area (TPSA) is 168 Å². The van der Waals surface area contributed by atoms with Crippen LogP contribution in [0.1, 0.15) is 5.56 Å². The predicted octanol–water partition coefficient (Wildman–Crippen LogP) is 1.58. The smallest absolute Gasteiger partial charge is 0.161 e. The zero-order valence-corrected chi connectivity index (χ0v) is 23.6. The third-order valence-corrected chi connectivity index (χ3v) is 5.16. The van der Waals surface area contributed by atoms with Crippen LogP contribution in [0.5, 0.6) is 28.7 Å². The molecule has 0 amide bonds. The number of aryl methyl sites for hydroxylation is 1. The minimum atomic E-state index is -0.861. The number of benzene rings is 3. The number of hydrogen-bond acceptors (Lipinski definition) is 11. The second-order valence-electron chi connectivity index (χ2n) is 8.51. The van der Waals surface area contributed by atoms with Crippen LogP contribution in [0.4, 0.5) is 0 Å². The molecule has 0 aliphatic rings. The molecule has 0 aromatic heterocycles. The van der Waals surface area contributed by atoms with Crippen LogP contribution in [0.15, 0.2) is 72.8 Å². The van der Waals surface area contributed by atoms with Crippen molar-refractivity contribution in [1.29, 1.82) is 0 Å². The summed E-state index contributed by atoms with van der Waals surface area (Å²) < 4.78 is 25.9. The second-order valence-corrected chi connectivity index (χ2v) is 8.51. The molecule has 0 saturated carbocycles. The van der Waals surface area contributed by atoms with Gasteiger partial charge in [-0.05, 0) is 42.8 Å². The Morgan fingerprint density at radius 1 is 0.488 bits per heavy atom. The SMILES string of the molecule is COc1ccccc1OCC(O)CO.COc1ccccc1OCC(O)CO.Cc1ccccc1OCC(O)CO. The highest BCUT2D eigenvalue weighted by molar-refractivity contribution is 5.40. The zero-order valence-electron chi connectivity index (χ0n) is 23.6. The Balaban J connectivity index is 0.000000308. The summed E-state index contributed by atoms with van der Waals surface area (Å²) in [6.45, 7) is 1.27. The van der Waals surface area contributed by atoms with E-state index in [1.54, 1.807) is 38.5 Å². The molecule has 228 valence electrons. The summed E-state index contributed by atoms with van der Waals surface area (Å²) in [6, 6.07) is 21.8. The number of hydrogen-bond donors (Lipinski definition) is 6. The lowest BCUT2D eigenvalue weighted by atomic mass is 10.2. The Labute approximate surface area is 240 Å². The average Bonchev–Trinajstić information content (AvgIpc) is 3.02. The van der Waals surface area contributed by atoms with Crippen LogP contribution < -0.4 is 23.7 Å². The van der Waals surface area contributed by atoms with Crippen molar-refractivity contribution in [3.05, 3.63) is 78.4 Å². The molecule has 0 aliphatic heterocycles. The Hall–Kier alpha value is -3.58. The van der Waals surface area contributed by atoms with Gasteiger partial charge in [0.15, 0.2) is 23.0 Å². The van der Waals surface area contributed by atoms with E-state index in [0.717, 1.165) is 11.3 Å². The maximum atomic E-state index is 9.07. The zero-order chi connectivity index (χ0) is 30.5. The van der Waals surface area contributed by atoms with Crippen molar-refractivity contribution in [2.24, 2.45) is 0 Å². The molecule has 0 fully saturated rings. The van der Waals surface area contributed by atoms with Crippen LogP contribution in [-0.4, -0.2) is 103 Å². The molecule has 0 radical (unpaired) electrons. The molecule has 3 unspecified atom stereocenters. The van der Waals surface area contributed by atoms with Crippen molar-refractivity contribution in [3.8, 4) is 28.7 Å². The van der Waals surface area contributed by atoms with Crippen LogP contribution >= 0.6 is 0 Å². The van der Waals surface area contributed by atoms with Gasteiger partial charge in [0.05, 0.1) is 34.0 Å². The monoisotopic (exact) mass is 578 g/mol. The number of methoxy groups -OCH3 is 2. The average molecular weight is 579 g/mol. The largest absolute Gasteiger partial charge is 0.493 e. The number of aliphatic hydroxyl groups is 6. The molecule has 0 saturated heterocycles. The van der Waals surface area contributed by atoms with Crippen molar-refractivity contribution in [3.63, 3.8) is 0 Å². The van der Waals surface area contributed by atoms with Crippen LogP contribution in [0.3, 0.4) is 0 Å². The fraction of sp³-hybridized carbons (Fsp3) is 0.400. The highest BCUT2D eigenvalue weighted by Gasteiger charge is 2.07. The van der Waals surface area contributed by atoms with Gasteiger partial charge in [0.2, 0.25) is 0 Å². The Morgan fingerprint density at radius 3 is 1.10 bits per heavy atom. The molecule has 3 rings (SSSR count). The number of aliphatic hydroxyl groups excluding tert-OH is 6. The quantitative estimate of drug-likeness (QED) is 0.164. The van der Waals surface area contributed by atoms with E-state index in [-0.39, 0.29) is 39.6 Å². The first-order valence-corrected chi connectivity index (χ1v) is 12.9. The molecule has 3 aromatic rings. The van der Waals surface area contributed by atoms with E-state index in [9.17, 15) is 0 Å². The maximum Gasteiger partial charge on any atom is 0.161 e. The second kappa shape index (κ2) is 21.2. The Morgan fingerprint density at radius 2 is 0.780 bits per heavy atom. The van der Waals surface area contributed by atoms with Gasteiger partial charge in [0.25, 0.3) is 0 Å². The molecule has 3 aromatic carbocycles. The molecule has 0 bridgehead atoms. The van der Waals surface area contributed by atoms with Gasteiger partial charge in [-0.25, -0.2) is 0 Å². The molecule has 0 heterocycles. The van der Waals surface area contributed by atoms with Crippen molar-refractivity contribution in [1.82, 2.24) is 0 Å². The van der Waals surface area contributed by atoms with E-state index in [0.29, 0.717) is 23.0 Å². The molecule has 41 heavy (non-hydrogen) atoms. The van der Waals surface area contributed by atoms with Crippen LogP contribution in [0.25, 0.3) is 0 Å². The minimum Gasteiger partial charge on any atom is -0.493 e. The van der Waals surface area contributed by atoms with E-state index in [1.165, 1.54) is 0 Å². The molecular weight excluding hydrogens is 536 g/mol. The molecule has 0 aliphatic carbocycles. The van der Waals surface area contributed by atoms with Crippen molar-refractivity contribution < 1.29 is 54.3 Å². The van der Waals surface area contributed by atoms with Gasteiger partial charge in [-0.3, -0.25) is 0 Å². The standard InChI is InChI=1S/2C10H14O4.C10H14O3/c2*1-13-9-4-2-3-5-10(9)14-7-8(12)6-11;1-8-4-2-3-5-10(8)13-7-9(12)6-11/h2*2-5,8,11-12H,6-7H2,1H3;2-5,9,11-12H,6-7H2,1H3. The highest BCUT2D eigenvalue weighted by Crippen LogP contribution is 2.26. The van der Waals surface area contributed by atoms with E-state index < -0.39 is 18.3 Å². The van der Waals surface area contributed by atoms with Crippen LogP contribution in [0.2, 0.25) is 0 Å². The minimum absolute atomic E-state index is 0.0525. The third-order valence-electron chi connectivity index (χ3n) is 5.16. The summed E-state index contributed by atoms with van der Waals surface area (Å²) in [6.07, 6.45) is -2.53. The summed E-state index contributed by atoms with van der Waals surface area (Å²) in [7, 11) is 3.09. The van der Waals surface area contributed by atoms with Gasteiger partial charge >= 0.3 is 0 Å². The van der Waals surface area contributed by atoms with E-state index in [4.69, 9.17) is 54.3 Å². The van der Waals surface area contributed by atoms with Crippen LogP contribution in [0, 0.1) is 6.92 Å². The van der Waals surface area contributed by atoms with Gasteiger partial charge in [-0.1, -0.05) is 42.5 Å². The van der Waals surface area contributed by atoms with Gasteiger partial charge in [0.1, 0.15) is 43.9 Å². The summed E-state index contributed by atoms with van der Waals surface area (Å²) in [5, 5.41) is 52.9. The van der Waals surface area contributed by atoms with Crippen molar-refractivity contribution in [2.45, 2.75) is 25.2 Å². The number of para-hydroxylation sites is 5. The van der Waals surface area contributed by atoms with Gasteiger partial charge in [0, 0.05) is 0 Å². The van der Waals surface area contributed by atoms with E-state index >= 15 is 0 Å². The molecule has 11 nitrogen and oxygen atoms in total. The lowest BCUT2D eigenvalue weighted by Gasteiger charge is -2.12. The highest BCUT2D eigenvalue weighted by atomic mass is 16.5. The lowest BCUT2D eigenvalue weighted by molar-refractivity contribution is 0.0527. The molecule has 6 N–H and O–H groups in total. The van der Waals surface area contributed by atoms with Crippen molar-refractivity contribution >= 4 is 0 Å². The normalized spacial score (nSPS) is 12.3. The lowest BCUT2D eigenvalue weighted by Crippen LogP contribution is -2.21. The van der Waals surface area contributed by atoms with Crippen molar-refractivity contribution in [2.75, 3.05) is 53.9 Å². The molecule has 3 atom stereocenters. The summed E-state index contributed by atoms with van der Waals surface area (Å²) in [4.78, 5) is 0. The first-order chi connectivity index (χ1) is 19.8. The maximum absolute atomic E-state index is 9.07. The summed E-state index contributed by atoms with van der Waals surface area (Å²) in [5.74, 6) is 3.08. The first kappa shape index (κ1) is 35.4. The molecular formula is C30H42O11. The Bertz CT molecular complexity index is 1020. The molecule has 0 spiro atoms.